The number of rotatable bonds is 10. The second-order valence-corrected chi connectivity index (χ2v) is 9.61. The third-order valence-electron chi connectivity index (χ3n) is 7.01. The van der Waals surface area contributed by atoms with E-state index in [-0.39, 0.29) is 31.5 Å². The highest BCUT2D eigenvalue weighted by atomic mass is 16.5. The summed E-state index contributed by atoms with van der Waals surface area (Å²) in [5.74, 6) is -1.12. The van der Waals surface area contributed by atoms with E-state index in [1.54, 1.807) is 17.0 Å². The van der Waals surface area contributed by atoms with E-state index in [0.29, 0.717) is 26.0 Å². The van der Waals surface area contributed by atoms with Gasteiger partial charge in [-0.1, -0.05) is 66.7 Å². The van der Waals surface area contributed by atoms with Crippen LogP contribution in [0.15, 0.2) is 72.8 Å². The average molecular weight is 506 g/mol. The Hall–Kier alpha value is -3.53. The number of ether oxygens (including phenoxy) is 1. The molecule has 3 atom stereocenters. The van der Waals surface area contributed by atoms with Crippen molar-refractivity contribution >= 4 is 17.7 Å². The van der Waals surface area contributed by atoms with Crippen LogP contribution in [0.2, 0.25) is 0 Å². The van der Waals surface area contributed by atoms with Crippen LogP contribution in [-0.2, 0) is 32.1 Å². The second kappa shape index (κ2) is 12.1. The van der Waals surface area contributed by atoms with Crippen molar-refractivity contribution in [3.05, 3.63) is 83.9 Å². The lowest BCUT2D eigenvalue weighted by atomic mass is 9.75. The van der Waals surface area contributed by atoms with Crippen molar-refractivity contribution in [3.8, 4) is 0 Å². The van der Waals surface area contributed by atoms with Crippen molar-refractivity contribution < 1.29 is 19.1 Å². The number of likely N-dealkylation sites (tertiary alicyclic amines) is 1. The Bertz CT molecular complexity index is 1110. The number of hydrazine groups is 1. The van der Waals surface area contributed by atoms with Crippen molar-refractivity contribution in [1.82, 2.24) is 20.7 Å². The van der Waals surface area contributed by atoms with Crippen molar-refractivity contribution in [2.45, 2.75) is 31.0 Å². The molecule has 2 aliphatic rings. The van der Waals surface area contributed by atoms with Gasteiger partial charge in [0.25, 0.3) is 0 Å². The van der Waals surface area contributed by atoms with Gasteiger partial charge in [-0.25, -0.2) is 5.43 Å². The highest BCUT2D eigenvalue weighted by Crippen LogP contribution is 2.37. The first-order valence-corrected chi connectivity index (χ1v) is 12.6. The molecular weight excluding hydrogens is 470 g/mol. The zero-order valence-corrected chi connectivity index (χ0v) is 21.1. The van der Waals surface area contributed by atoms with Crippen molar-refractivity contribution in [2.75, 3.05) is 33.3 Å². The van der Waals surface area contributed by atoms with Crippen LogP contribution >= 0.6 is 0 Å². The number of nitrogens with one attached hydrogen (secondary N) is 2. The van der Waals surface area contributed by atoms with Crippen molar-refractivity contribution in [1.29, 1.82) is 0 Å². The van der Waals surface area contributed by atoms with Crippen LogP contribution in [-0.4, -0.2) is 72.5 Å². The van der Waals surface area contributed by atoms with E-state index in [2.05, 4.69) is 22.9 Å². The maximum Gasteiger partial charge on any atom is 0.247 e. The maximum atomic E-state index is 13.6. The van der Waals surface area contributed by atoms with E-state index < -0.39 is 23.4 Å². The van der Waals surface area contributed by atoms with Crippen LogP contribution in [0.1, 0.15) is 17.5 Å². The van der Waals surface area contributed by atoms with E-state index in [0.717, 1.165) is 11.1 Å². The van der Waals surface area contributed by atoms with Crippen LogP contribution in [0, 0.1) is 5.92 Å². The topological polar surface area (TPSA) is 117 Å². The number of carbonyl (C=O) groups excluding carboxylic acids is 3. The summed E-state index contributed by atoms with van der Waals surface area (Å²) in [6.07, 6.45) is 4.13. The molecule has 0 aromatic heterocycles. The predicted molar refractivity (Wildman–Crippen MR) is 140 cm³/mol. The van der Waals surface area contributed by atoms with Gasteiger partial charge in [-0.3, -0.25) is 19.4 Å². The summed E-state index contributed by atoms with van der Waals surface area (Å²) in [5.41, 5.74) is 10.5. The quantitative estimate of drug-likeness (QED) is 0.415. The Morgan fingerprint density at radius 3 is 2.51 bits per heavy atom. The molecular formula is C28H35N5O4. The lowest BCUT2D eigenvalue weighted by Crippen LogP contribution is -2.61. The molecule has 37 heavy (non-hydrogen) atoms. The number of hydrogen-bond acceptors (Lipinski definition) is 6. The minimum atomic E-state index is -0.887. The van der Waals surface area contributed by atoms with Gasteiger partial charge in [0.15, 0.2) is 0 Å². The smallest absolute Gasteiger partial charge is 0.247 e. The number of nitrogens with two attached hydrogens (primary N) is 1. The molecule has 0 saturated carbocycles. The summed E-state index contributed by atoms with van der Waals surface area (Å²) in [7, 11) is 1.73. The van der Waals surface area contributed by atoms with E-state index in [9.17, 15) is 14.4 Å². The van der Waals surface area contributed by atoms with Gasteiger partial charge in [-0.05, 0) is 24.0 Å². The lowest BCUT2D eigenvalue weighted by molar-refractivity contribution is -0.141. The Balaban J connectivity index is 1.47. The Kier molecular flexibility index (Phi) is 8.70. The molecule has 4 rings (SSSR count). The molecule has 2 aliphatic heterocycles. The van der Waals surface area contributed by atoms with Gasteiger partial charge in [0, 0.05) is 32.8 Å². The van der Waals surface area contributed by atoms with E-state index >= 15 is 0 Å². The highest BCUT2D eigenvalue weighted by Gasteiger charge is 2.54. The standard InChI is InChI=1S/C28H35N5O4/c1-32-26(35)23-18-33(16-14-28(23,31-32)17-21-9-4-2-5-10-21)27(36)24(30-25(34)13-8-15-29)20-37-19-22-11-6-3-7-12-22/h2-13,23-24,31H,14-20,29H2,1H3,(H,30,34)/b13-8+. The summed E-state index contributed by atoms with van der Waals surface area (Å²) >= 11 is 0. The molecule has 0 spiro atoms. The first-order valence-electron chi connectivity index (χ1n) is 12.6. The van der Waals surface area contributed by atoms with Crippen LogP contribution in [0.3, 0.4) is 0 Å². The molecule has 0 radical (unpaired) electrons. The first-order chi connectivity index (χ1) is 17.9. The number of nitrogens with zero attached hydrogens (tertiary/aromatic N) is 2. The molecule has 4 N–H and O–H groups in total. The van der Waals surface area contributed by atoms with Crippen LogP contribution in [0.5, 0.6) is 0 Å². The fourth-order valence-corrected chi connectivity index (χ4v) is 5.14. The molecule has 3 unspecified atom stereocenters. The predicted octanol–water partition coefficient (Wildman–Crippen LogP) is 1.01. The fraction of sp³-hybridized carbons (Fsp3) is 0.393. The molecule has 0 bridgehead atoms. The number of fused-ring (bicyclic) bond motifs is 1. The van der Waals surface area contributed by atoms with Gasteiger partial charge in [-0.15, -0.1) is 0 Å². The average Bonchev–Trinajstić information content (AvgIpc) is 3.16. The summed E-state index contributed by atoms with van der Waals surface area (Å²) in [5, 5.41) is 4.30. The maximum absolute atomic E-state index is 13.6. The van der Waals surface area contributed by atoms with E-state index in [1.165, 1.54) is 12.2 Å². The number of carbonyl (C=O) groups is 3. The molecule has 2 fully saturated rings. The molecule has 2 aromatic carbocycles. The van der Waals surface area contributed by atoms with E-state index in [4.69, 9.17) is 10.5 Å². The third kappa shape index (κ3) is 6.43. The van der Waals surface area contributed by atoms with Crippen LogP contribution in [0.25, 0.3) is 0 Å². The molecule has 0 aliphatic carbocycles. The van der Waals surface area contributed by atoms with Gasteiger partial charge in [-0.2, -0.15) is 0 Å². The van der Waals surface area contributed by atoms with E-state index in [1.807, 2.05) is 48.5 Å². The van der Waals surface area contributed by atoms with Gasteiger partial charge < -0.3 is 20.7 Å². The van der Waals surface area contributed by atoms with Gasteiger partial charge >= 0.3 is 0 Å². The summed E-state index contributed by atoms with van der Waals surface area (Å²) in [4.78, 5) is 40.8. The molecule has 9 heteroatoms. The fourth-order valence-electron chi connectivity index (χ4n) is 5.14. The normalized spacial score (nSPS) is 22.2. The summed E-state index contributed by atoms with van der Waals surface area (Å²) < 4.78 is 5.82. The monoisotopic (exact) mass is 505 g/mol. The third-order valence-corrected chi connectivity index (χ3v) is 7.01. The number of benzene rings is 2. The Morgan fingerprint density at radius 2 is 1.84 bits per heavy atom. The molecule has 2 heterocycles. The number of amides is 3. The van der Waals surface area contributed by atoms with Gasteiger partial charge in [0.2, 0.25) is 17.7 Å². The second-order valence-electron chi connectivity index (χ2n) is 9.61. The molecule has 2 saturated heterocycles. The lowest BCUT2D eigenvalue weighted by Gasteiger charge is -2.43. The zero-order chi connectivity index (χ0) is 26.3. The minimum absolute atomic E-state index is 0.0123. The van der Waals surface area contributed by atoms with Gasteiger partial charge in [0.1, 0.15) is 6.04 Å². The summed E-state index contributed by atoms with van der Waals surface area (Å²) in [6.45, 7) is 1.27. The molecule has 9 nitrogen and oxygen atoms in total. The number of piperidine rings is 1. The Labute approximate surface area is 217 Å². The SMILES string of the molecule is CN1NC2(Cc3ccccc3)CCN(C(=O)C(COCc3ccccc3)NC(=O)/C=C/CN)CC2C1=O. The molecule has 3 amide bonds. The van der Waals surface area contributed by atoms with Crippen molar-refractivity contribution in [2.24, 2.45) is 11.7 Å². The van der Waals surface area contributed by atoms with Crippen LogP contribution < -0.4 is 16.5 Å². The van der Waals surface area contributed by atoms with Crippen LogP contribution in [0.4, 0.5) is 0 Å². The highest BCUT2D eigenvalue weighted by molar-refractivity contribution is 5.93. The molecule has 2 aromatic rings. The first kappa shape index (κ1) is 26.5. The molecule has 196 valence electrons. The zero-order valence-electron chi connectivity index (χ0n) is 21.1. The van der Waals surface area contributed by atoms with Crippen molar-refractivity contribution in [3.63, 3.8) is 0 Å². The Morgan fingerprint density at radius 1 is 1.16 bits per heavy atom. The van der Waals surface area contributed by atoms with Gasteiger partial charge in [0.05, 0.1) is 24.7 Å². The number of hydrogen-bond donors (Lipinski definition) is 3. The summed E-state index contributed by atoms with van der Waals surface area (Å²) in [6, 6.07) is 18.8. The largest absolute Gasteiger partial charge is 0.374 e. The minimum Gasteiger partial charge on any atom is -0.374 e.